The van der Waals surface area contributed by atoms with Gasteiger partial charge in [0.25, 0.3) is 0 Å². The fourth-order valence-corrected chi connectivity index (χ4v) is 3.70. The lowest BCUT2D eigenvalue weighted by atomic mass is 10.0. The van der Waals surface area contributed by atoms with E-state index in [0.29, 0.717) is 11.8 Å². The average Bonchev–Trinajstić information content (AvgIpc) is 3.26. The Balaban J connectivity index is 1.64. The Labute approximate surface area is 134 Å². The van der Waals surface area contributed by atoms with Gasteiger partial charge in [-0.2, -0.15) is 0 Å². The van der Waals surface area contributed by atoms with Crippen LogP contribution in [0.4, 0.5) is 0 Å². The number of halogens is 1. The minimum Gasteiger partial charge on any atom is -0.355 e. The Kier molecular flexibility index (Phi) is 4.29. The van der Waals surface area contributed by atoms with Gasteiger partial charge < -0.3 is 5.32 Å². The number of benzene rings is 2. The van der Waals surface area contributed by atoms with E-state index < -0.39 is 0 Å². The summed E-state index contributed by atoms with van der Waals surface area (Å²) in [7, 11) is 0. The summed E-state index contributed by atoms with van der Waals surface area (Å²) in [5.74, 6) is 0.132. The first kappa shape index (κ1) is 14.6. The maximum absolute atomic E-state index is 12.2. The molecule has 1 N–H and O–H groups in total. The third kappa shape index (κ3) is 3.46. The molecule has 0 heterocycles. The van der Waals surface area contributed by atoms with Crippen molar-refractivity contribution >= 4 is 32.6 Å². The molecule has 1 fully saturated rings. The Morgan fingerprint density at radius 3 is 2.67 bits per heavy atom. The summed E-state index contributed by atoms with van der Waals surface area (Å²) in [5, 5.41) is 6.52. The highest BCUT2D eigenvalue weighted by molar-refractivity contribution is 9.09. The zero-order valence-electron chi connectivity index (χ0n) is 12.1. The summed E-state index contributed by atoms with van der Waals surface area (Å²) in [6.07, 6.45) is 4.10. The lowest BCUT2D eigenvalue weighted by Crippen LogP contribution is -2.31. The number of alkyl halides is 1. The van der Waals surface area contributed by atoms with E-state index in [1.165, 1.54) is 23.6 Å². The molecule has 0 saturated heterocycles. The van der Waals surface area contributed by atoms with Gasteiger partial charge in [0.05, 0.1) is 6.42 Å². The fourth-order valence-electron chi connectivity index (χ4n) is 2.86. The molecule has 3 heteroatoms. The number of rotatable bonds is 6. The first-order valence-electron chi connectivity index (χ1n) is 7.52. The molecule has 0 spiro atoms. The summed E-state index contributed by atoms with van der Waals surface area (Å²) in [5.41, 5.74) is 1.48. The maximum Gasteiger partial charge on any atom is 0.224 e. The van der Waals surface area contributed by atoms with Gasteiger partial charge in [0.15, 0.2) is 0 Å². The molecule has 3 rings (SSSR count). The van der Waals surface area contributed by atoms with Crippen molar-refractivity contribution in [3.63, 3.8) is 0 Å². The highest BCUT2D eigenvalue weighted by Gasteiger charge is 2.41. The quantitative estimate of drug-likeness (QED) is 0.785. The van der Waals surface area contributed by atoms with Crippen molar-refractivity contribution in [3.8, 4) is 0 Å². The number of hydrogen-bond donors (Lipinski definition) is 1. The van der Waals surface area contributed by atoms with E-state index in [9.17, 15) is 4.79 Å². The van der Waals surface area contributed by atoms with Crippen LogP contribution in [-0.2, 0) is 11.2 Å². The molecule has 1 aliphatic carbocycles. The summed E-state index contributed by atoms with van der Waals surface area (Å²) < 4.78 is 0. The van der Waals surface area contributed by atoms with Gasteiger partial charge in [-0.15, -0.1) is 0 Å². The van der Waals surface area contributed by atoms with E-state index in [4.69, 9.17) is 0 Å². The molecule has 0 aliphatic heterocycles. The third-order valence-electron chi connectivity index (χ3n) is 4.47. The molecule has 0 bridgehead atoms. The first-order chi connectivity index (χ1) is 10.2. The second-order valence-corrected chi connectivity index (χ2v) is 6.82. The third-order valence-corrected chi connectivity index (χ3v) is 4.87. The molecule has 21 heavy (non-hydrogen) atoms. The summed E-state index contributed by atoms with van der Waals surface area (Å²) in [6.45, 7) is 0.822. The second kappa shape index (κ2) is 6.18. The van der Waals surface area contributed by atoms with Crippen molar-refractivity contribution in [2.75, 3.05) is 11.9 Å². The fraction of sp³-hybridized carbons (Fsp3) is 0.389. The lowest BCUT2D eigenvalue weighted by molar-refractivity contribution is -0.120. The Bertz CT molecular complexity index is 643. The largest absolute Gasteiger partial charge is 0.355 e. The van der Waals surface area contributed by atoms with Gasteiger partial charge in [0.1, 0.15) is 0 Å². The molecule has 0 atom stereocenters. The van der Waals surface area contributed by atoms with Gasteiger partial charge in [0, 0.05) is 11.9 Å². The number of fused-ring (bicyclic) bond motifs is 1. The number of nitrogens with one attached hydrogen (secondary N) is 1. The summed E-state index contributed by atoms with van der Waals surface area (Å²) in [4.78, 5) is 12.2. The zero-order chi connectivity index (χ0) is 14.7. The van der Waals surface area contributed by atoms with E-state index in [-0.39, 0.29) is 5.91 Å². The van der Waals surface area contributed by atoms with Crippen LogP contribution in [-0.4, -0.2) is 17.8 Å². The predicted octanol–water partition coefficient (Wildman–Crippen LogP) is 4.06. The standard InChI is InChI=1S/C18H20BrNO/c19-11-10-18(8-9-18)13-20-17(21)12-15-6-3-5-14-4-1-2-7-16(14)15/h1-7H,8-13H2,(H,20,21). The Hall–Kier alpha value is -1.35. The van der Waals surface area contributed by atoms with Crippen LogP contribution >= 0.6 is 15.9 Å². The summed E-state index contributed by atoms with van der Waals surface area (Å²) >= 11 is 3.50. The maximum atomic E-state index is 12.2. The van der Waals surface area contributed by atoms with Crippen LogP contribution in [0.25, 0.3) is 10.8 Å². The van der Waals surface area contributed by atoms with Crippen LogP contribution in [0.3, 0.4) is 0 Å². The lowest BCUT2D eigenvalue weighted by Gasteiger charge is -2.15. The second-order valence-electron chi connectivity index (χ2n) is 6.03. The topological polar surface area (TPSA) is 29.1 Å². The number of carbonyl (C=O) groups is 1. The zero-order valence-corrected chi connectivity index (χ0v) is 13.7. The number of amides is 1. The minimum absolute atomic E-state index is 0.132. The van der Waals surface area contributed by atoms with Gasteiger partial charge in [-0.1, -0.05) is 58.4 Å². The van der Waals surface area contributed by atoms with Crippen LogP contribution in [0.5, 0.6) is 0 Å². The Morgan fingerprint density at radius 2 is 1.90 bits per heavy atom. The van der Waals surface area contributed by atoms with Crippen LogP contribution in [0.1, 0.15) is 24.8 Å². The molecule has 0 aromatic heterocycles. The normalized spacial score (nSPS) is 15.9. The van der Waals surface area contributed by atoms with E-state index in [2.05, 4.69) is 39.4 Å². The van der Waals surface area contributed by atoms with E-state index in [1.807, 2.05) is 24.3 Å². The molecular formula is C18H20BrNO. The van der Waals surface area contributed by atoms with Gasteiger partial charge in [-0.25, -0.2) is 0 Å². The van der Waals surface area contributed by atoms with E-state index in [1.54, 1.807) is 0 Å². The monoisotopic (exact) mass is 345 g/mol. The number of hydrogen-bond acceptors (Lipinski definition) is 1. The van der Waals surface area contributed by atoms with Gasteiger partial charge in [-0.05, 0) is 41.0 Å². The van der Waals surface area contributed by atoms with E-state index >= 15 is 0 Å². The molecule has 0 radical (unpaired) electrons. The molecule has 2 aromatic rings. The predicted molar refractivity (Wildman–Crippen MR) is 90.7 cm³/mol. The molecule has 2 nitrogen and oxygen atoms in total. The smallest absolute Gasteiger partial charge is 0.224 e. The van der Waals surface area contributed by atoms with Crippen molar-refractivity contribution in [1.82, 2.24) is 5.32 Å². The van der Waals surface area contributed by atoms with Crippen LogP contribution in [0.2, 0.25) is 0 Å². The summed E-state index contributed by atoms with van der Waals surface area (Å²) in [6, 6.07) is 14.4. The molecule has 2 aromatic carbocycles. The molecular weight excluding hydrogens is 326 g/mol. The van der Waals surface area contributed by atoms with Gasteiger partial charge in [0.2, 0.25) is 5.91 Å². The molecule has 1 aliphatic rings. The molecule has 0 unspecified atom stereocenters. The Morgan fingerprint density at radius 1 is 1.14 bits per heavy atom. The molecule has 110 valence electrons. The van der Waals surface area contributed by atoms with Gasteiger partial charge >= 0.3 is 0 Å². The van der Waals surface area contributed by atoms with Crippen molar-refractivity contribution in [2.45, 2.75) is 25.7 Å². The van der Waals surface area contributed by atoms with Crippen LogP contribution < -0.4 is 5.32 Å². The molecule has 1 saturated carbocycles. The van der Waals surface area contributed by atoms with Crippen LogP contribution in [0.15, 0.2) is 42.5 Å². The average molecular weight is 346 g/mol. The van der Waals surface area contributed by atoms with Crippen LogP contribution in [0, 0.1) is 5.41 Å². The SMILES string of the molecule is O=C(Cc1cccc2ccccc12)NCC1(CCBr)CC1. The highest BCUT2D eigenvalue weighted by atomic mass is 79.9. The van der Waals surface area contributed by atoms with Crippen molar-refractivity contribution in [3.05, 3.63) is 48.0 Å². The van der Waals surface area contributed by atoms with Crippen molar-refractivity contribution < 1.29 is 4.79 Å². The number of carbonyl (C=O) groups excluding carboxylic acids is 1. The molecule has 1 amide bonds. The van der Waals surface area contributed by atoms with E-state index in [0.717, 1.165) is 23.9 Å². The van der Waals surface area contributed by atoms with Crippen molar-refractivity contribution in [2.24, 2.45) is 5.41 Å². The van der Waals surface area contributed by atoms with Gasteiger partial charge in [-0.3, -0.25) is 4.79 Å². The highest BCUT2D eigenvalue weighted by Crippen LogP contribution is 2.48. The van der Waals surface area contributed by atoms with Crippen molar-refractivity contribution in [1.29, 1.82) is 0 Å². The first-order valence-corrected chi connectivity index (χ1v) is 8.64. The minimum atomic E-state index is 0.132.